The normalized spacial score (nSPS) is 25.7. The first-order valence-electron chi connectivity index (χ1n) is 10.4. The number of rotatable bonds is 5. The lowest BCUT2D eigenvalue weighted by molar-refractivity contribution is -0.118. The van der Waals surface area contributed by atoms with Gasteiger partial charge in [-0.2, -0.15) is 10.1 Å². The number of hydrogen-bond acceptors (Lipinski definition) is 5. The van der Waals surface area contributed by atoms with Crippen molar-refractivity contribution in [2.45, 2.75) is 58.3 Å². The summed E-state index contributed by atoms with van der Waals surface area (Å²) in [5.41, 5.74) is 11.2. The molecule has 0 spiro atoms. The van der Waals surface area contributed by atoms with Crippen LogP contribution in [-0.4, -0.2) is 28.8 Å². The van der Waals surface area contributed by atoms with Crippen LogP contribution >= 0.6 is 0 Å². The van der Waals surface area contributed by atoms with E-state index >= 15 is 0 Å². The minimum Gasteiger partial charge on any atom is -0.292 e. The van der Waals surface area contributed by atoms with Gasteiger partial charge >= 0.3 is 0 Å². The number of anilines is 1. The number of hydrogen-bond donors (Lipinski definition) is 3. The zero-order valence-corrected chi connectivity index (χ0v) is 17.3. The van der Waals surface area contributed by atoms with Crippen LogP contribution in [0.3, 0.4) is 0 Å². The largest absolute Gasteiger partial charge is 0.292 e. The fourth-order valence-corrected chi connectivity index (χ4v) is 4.36. The molecule has 3 N–H and O–H groups in total. The summed E-state index contributed by atoms with van der Waals surface area (Å²) >= 11 is 0. The molecule has 3 unspecified atom stereocenters. The molecule has 152 valence electrons. The molecular weight excluding hydrogens is 362 g/mol. The lowest BCUT2D eigenvalue weighted by Crippen LogP contribution is -2.58. The van der Waals surface area contributed by atoms with E-state index in [0.29, 0.717) is 11.8 Å². The van der Waals surface area contributed by atoms with Crippen molar-refractivity contribution >= 4 is 17.3 Å². The number of fused-ring (bicyclic) bond motifs is 1. The Bertz CT molecular complexity index is 911. The molecule has 4 rings (SSSR count). The lowest BCUT2D eigenvalue weighted by atomic mass is 9.90. The highest BCUT2D eigenvalue weighted by molar-refractivity contribution is 6.42. The second-order valence-electron chi connectivity index (χ2n) is 7.99. The smallest absolute Gasteiger partial charge is 0.285 e. The average molecular weight is 392 g/mol. The Morgan fingerprint density at radius 2 is 1.97 bits per heavy atom. The predicted octanol–water partition coefficient (Wildman–Crippen LogP) is 3.65. The molecule has 2 heterocycles. The number of aryl methyl sites for hydroxylation is 2. The van der Waals surface area contributed by atoms with E-state index in [2.05, 4.69) is 60.2 Å². The average Bonchev–Trinajstić information content (AvgIpc) is 3.02. The molecule has 2 aliphatic rings. The van der Waals surface area contributed by atoms with Gasteiger partial charge in [0.2, 0.25) is 0 Å². The Labute approximate surface area is 172 Å². The second-order valence-corrected chi connectivity index (χ2v) is 7.99. The maximum Gasteiger partial charge on any atom is 0.285 e. The summed E-state index contributed by atoms with van der Waals surface area (Å²) in [4.78, 5) is 12.8. The minimum absolute atomic E-state index is 0.117. The number of nitrogens with one attached hydrogen (secondary N) is 3. The summed E-state index contributed by atoms with van der Waals surface area (Å²) in [6.45, 7) is 6.46. The van der Waals surface area contributed by atoms with Gasteiger partial charge in [-0.3, -0.25) is 21.0 Å². The molecule has 2 aliphatic heterocycles. The summed E-state index contributed by atoms with van der Waals surface area (Å²) < 4.78 is 0. The molecule has 6 heteroatoms. The monoisotopic (exact) mass is 391 g/mol. The topological polar surface area (TPSA) is 68.8 Å². The Hall–Kier alpha value is -2.70. The van der Waals surface area contributed by atoms with E-state index in [-0.39, 0.29) is 18.1 Å². The Morgan fingerprint density at radius 1 is 1.17 bits per heavy atom. The first kappa shape index (κ1) is 19.6. The molecule has 2 aromatic carbocycles. The standard InChI is InChI=1S/C23H29N5O/c1-4-8-18-14-20(19-12-11-15(2)13-16(19)3)28-22(24-18)21(23(29)27-28)26-25-17-9-6-5-7-10-17/h5-7,9-13,18,20,22,24-25H,4,8,14H2,1-3H3,(H,27,29). The van der Waals surface area contributed by atoms with Gasteiger partial charge in [0, 0.05) is 6.04 Å². The highest BCUT2D eigenvalue weighted by Gasteiger charge is 2.46. The summed E-state index contributed by atoms with van der Waals surface area (Å²) in [5, 5.41) is 10.1. The van der Waals surface area contributed by atoms with Crippen molar-refractivity contribution in [3.05, 3.63) is 65.2 Å². The number of nitrogens with zero attached hydrogens (tertiary/aromatic N) is 2. The van der Waals surface area contributed by atoms with Crippen LogP contribution in [0.5, 0.6) is 0 Å². The SMILES string of the molecule is CCCC1CC(c2ccc(C)cc2C)N2NC(=O)C(=NNc3ccccc3)C2N1. The van der Waals surface area contributed by atoms with Crippen LogP contribution in [0, 0.1) is 13.8 Å². The predicted molar refractivity (Wildman–Crippen MR) is 116 cm³/mol. The zero-order valence-electron chi connectivity index (χ0n) is 17.3. The molecule has 0 bridgehead atoms. The third-order valence-electron chi connectivity index (χ3n) is 5.74. The maximum atomic E-state index is 12.8. The van der Waals surface area contributed by atoms with Crippen LogP contribution in [-0.2, 0) is 4.79 Å². The lowest BCUT2D eigenvalue weighted by Gasteiger charge is -2.42. The highest BCUT2D eigenvalue weighted by atomic mass is 16.2. The third kappa shape index (κ3) is 4.04. The van der Waals surface area contributed by atoms with Gasteiger partial charge in [-0.1, -0.05) is 55.3 Å². The quantitative estimate of drug-likeness (QED) is 0.681. The Kier molecular flexibility index (Phi) is 5.65. The van der Waals surface area contributed by atoms with Gasteiger partial charge in [-0.25, -0.2) is 0 Å². The minimum atomic E-state index is -0.255. The van der Waals surface area contributed by atoms with Crippen molar-refractivity contribution in [3.8, 4) is 0 Å². The van der Waals surface area contributed by atoms with Crippen LogP contribution in [0.1, 0.15) is 48.9 Å². The molecule has 6 nitrogen and oxygen atoms in total. The Balaban J connectivity index is 1.65. The molecule has 3 atom stereocenters. The van der Waals surface area contributed by atoms with E-state index in [1.807, 2.05) is 35.3 Å². The van der Waals surface area contributed by atoms with E-state index in [9.17, 15) is 4.79 Å². The van der Waals surface area contributed by atoms with E-state index in [1.165, 1.54) is 16.7 Å². The second kappa shape index (κ2) is 8.35. The van der Waals surface area contributed by atoms with Crippen LogP contribution in [0.25, 0.3) is 0 Å². The van der Waals surface area contributed by atoms with Gasteiger partial charge in [0.25, 0.3) is 5.91 Å². The van der Waals surface area contributed by atoms with Crippen LogP contribution in [0.15, 0.2) is 53.6 Å². The van der Waals surface area contributed by atoms with Crippen molar-refractivity contribution in [2.24, 2.45) is 5.10 Å². The fraction of sp³-hybridized carbons (Fsp3) is 0.391. The Morgan fingerprint density at radius 3 is 2.69 bits per heavy atom. The number of para-hydroxylation sites is 1. The van der Waals surface area contributed by atoms with Gasteiger partial charge in [-0.05, 0) is 49.9 Å². The van der Waals surface area contributed by atoms with E-state index in [0.717, 1.165) is 24.9 Å². The highest BCUT2D eigenvalue weighted by Crippen LogP contribution is 2.35. The molecular formula is C23H29N5O. The summed E-state index contributed by atoms with van der Waals surface area (Å²) in [6, 6.07) is 16.7. The van der Waals surface area contributed by atoms with Crippen LogP contribution in [0.2, 0.25) is 0 Å². The summed E-state index contributed by atoms with van der Waals surface area (Å²) in [6.07, 6.45) is 2.86. The summed E-state index contributed by atoms with van der Waals surface area (Å²) in [7, 11) is 0. The van der Waals surface area contributed by atoms with Crippen molar-refractivity contribution in [3.63, 3.8) is 0 Å². The first-order valence-corrected chi connectivity index (χ1v) is 10.4. The molecule has 2 fully saturated rings. The molecule has 2 saturated heterocycles. The first-order chi connectivity index (χ1) is 14.1. The number of carbonyl (C=O) groups is 1. The van der Waals surface area contributed by atoms with E-state index in [1.54, 1.807) is 0 Å². The van der Waals surface area contributed by atoms with Gasteiger partial charge in [0.1, 0.15) is 6.17 Å². The molecule has 0 aliphatic carbocycles. The zero-order chi connectivity index (χ0) is 20.4. The van der Waals surface area contributed by atoms with Crippen molar-refractivity contribution in [2.75, 3.05) is 5.43 Å². The molecule has 0 aromatic heterocycles. The molecule has 0 saturated carbocycles. The van der Waals surface area contributed by atoms with Crippen molar-refractivity contribution in [1.82, 2.24) is 15.8 Å². The third-order valence-corrected chi connectivity index (χ3v) is 5.74. The summed E-state index contributed by atoms with van der Waals surface area (Å²) in [5.74, 6) is -0.155. The number of hydrazone groups is 1. The van der Waals surface area contributed by atoms with E-state index < -0.39 is 0 Å². The van der Waals surface area contributed by atoms with Crippen LogP contribution in [0.4, 0.5) is 5.69 Å². The van der Waals surface area contributed by atoms with Crippen molar-refractivity contribution in [1.29, 1.82) is 0 Å². The molecule has 29 heavy (non-hydrogen) atoms. The van der Waals surface area contributed by atoms with Crippen LogP contribution < -0.4 is 16.2 Å². The van der Waals surface area contributed by atoms with E-state index in [4.69, 9.17) is 0 Å². The van der Waals surface area contributed by atoms with Gasteiger partial charge in [-0.15, -0.1) is 0 Å². The van der Waals surface area contributed by atoms with Gasteiger partial charge < -0.3 is 0 Å². The number of benzene rings is 2. The van der Waals surface area contributed by atoms with Gasteiger partial charge in [0.15, 0.2) is 5.71 Å². The number of hydrazine groups is 1. The molecule has 2 aromatic rings. The maximum absolute atomic E-state index is 12.8. The van der Waals surface area contributed by atoms with Crippen molar-refractivity contribution < 1.29 is 4.79 Å². The molecule has 1 amide bonds. The van der Waals surface area contributed by atoms with Gasteiger partial charge in [0.05, 0.1) is 11.7 Å². The molecule has 0 radical (unpaired) electrons. The number of carbonyl (C=O) groups excluding carboxylic acids is 1. The number of amides is 1. The fourth-order valence-electron chi connectivity index (χ4n) is 4.36.